The van der Waals surface area contributed by atoms with Crippen molar-refractivity contribution < 1.29 is 41.8 Å². The number of hydrogen-bond acceptors (Lipinski definition) is 12. The molecule has 1 unspecified atom stereocenters. The molecule has 16 nitrogen and oxygen atoms in total. The van der Waals surface area contributed by atoms with Crippen molar-refractivity contribution in [2.45, 2.75) is 93.9 Å². The number of nitrogens with one attached hydrogen (secondary N) is 3. The second kappa shape index (κ2) is 15.6. The molecule has 3 N–H and O–H groups in total. The fraction of sp³-hybridized carbons (Fsp3) is 0.526. The molecule has 1 aromatic carbocycles. The van der Waals surface area contributed by atoms with Crippen LogP contribution in [-0.2, 0) is 29.1 Å². The molecular formula is C38H47N7O9S2. The van der Waals surface area contributed by atoms with Gasteiger partial charge in [-0.3, -0.25) is 19.1 Å². The minimum atomic E-state index is -3.91. The van der Waals surface area contributed by atoms with Crippen LogP contribution in [0.2, 0.25) is 0 Å². The summed E-state index contributed by atoms with van der Waals surface area (Å²) in [6.45, 7) is 5.10. The summed E-state index contributed by atoms with van der Waals surface area (Å²) in [5, 5.41) is 10.7. The summed E-state index contributed by atoms with van der Waals surface area (Å²) in [5.41, 5.74) is -2.35. The third-order valence-corrected chi connectivity index (χ3v) is 13.1. The van der Waals surface area contributed by atoms with Gasteiger partial charge in [-0.05, 0) is 94.3 Å². The van der Waals surface area contributed by atoms with Crippen LogP contribution in [0.5, 0.6) is 11.6 Å². The molecule has 2 aliphatic heterocycles. The number of methoxy groups -OCH3 is 1. The van der Waals surface area contributed by atoms with Crippen molar-refractivity contribution in [1.29, 1.82) is 0 Å². The monoisotopic (exact) mass is 809 g/mol. The highest BCUT2D eigenvalue weighted by molar-refractivity contribution is 7.99. The Balaban J connectivity index is 1.22. The number of nitrogens with zero attached hydrogens (tertiary/aromatic N) is 4. The van der Waals surface area contributed by atoms with Crippen molar-refractivity contribution in [3.05, 3.63) is 54.9 Å². The third kappa shape index (κ3) is 8.75. The van der Waals surface area contributed by atoms with E-state index in [2.05, 4.69) is 20.5 Å². The van der Waals surface area contributed by atoms with Crippen LogP contribution in [0.4, 0.5) is 4.79 Å². The molecule has 5 atom stereocenters. The summed E-state index contributed by atoms with van der Waals surface area (Å²) in [4.78, 5) is 62.0. The van der Waals surface area contributed by atoms with Gasteiger partial charge in [-0.15, -0.1) is 0 Å². The second-order valence-corrected chi connectivity index (χ2v) is 18.7. The first-order valence-corrected chi connectivity index (χ1v) is 21.4. The number of fused-ring (bicyclic) bond motifs is 3. The number of aromatic nitrogens is 3. The quantitative estimate of drug-likeness (QED) is 0.281. The molecule has 1 saturated heterocycles. The summed E-state index contributed by atoms with van der Waals surface area (Å²) in [6, 6.07) is 6.82. The van der Waals surface area contributed by atoms with Crippen LogP contribution in [0.3, 0.4) is 0 Å². The van der Waals surface area contributed by atoms with E-state index >= 15 is 0 Å². The van der Waals surface area contributed by atoms with Crippen molar-refractivity contribution in [2.24, 2.45) is 5.92 Å². The molecule has 7 rings (SSSR count). The van der Waals surface area contributed by atoms with Crippen molar-refractivity contribution in [1.82, 2.24) is 35.0 Å². The van der Waals surface area contributed by atoms with E-state index in [4.69, 9.17) is 19.2 Å². The minimum absolute atomic E-state index is 0.00772. The summed E-state index contributed by atoms with van der Waals surface area (Å²) in [5.74, 6) is -0.223. The number of allylic oxidation sites excluding steroid dienone is 1. The molecule has 3 aromatic rings. The molecule has 0 radical (unpaired) electrons. The number of benzene rings is 1. The van der Waals surface area contributed by atoms with Gasteiger partial charge in [0.25, 0.3) is 5.91 Å². The van der Waals surface area contributed by atoms with Crippen LogP contribution in [0.15, 0.2) is 54.9 Å². The first-order valence-electron chi connectivity index (χ1n) is 18.7. The maximum Gasteiger partial charge on any atom is 0.408 e. The van der Waals surface area contributed by atoms with Crippen molar-refractivity contribution in [3.63, 3.8) is 0 Å². The van der Waals surface area contributed by atoms with Gasteiger partial charge < -0.3 is 29.7 Å². The lowest BCUT2D eigenvalue weighted by molar-refractivity contribution is -0.140. The molecule has 18 heteroatoms. The molecule has 4 heterocycles. The van der Waals surface area contributed by atoms with E-state index in [9.17, 15) is 27.6 Å². The van der Waals surface area contributed by atoms with E-state index in [0.29, 0.717) is 42.0 Å². The van der Waals surface area contributed by atoms with Crippen LogP contribution in [-0.4, -0.2) is 112 Å². The van der Waals surface area contributed by atoms with Gasteiger partial charge in [0.15, 0.2) is 5.82 Å². The molecule has 2 aromatic heterocycles. The Hall–Kier alpha value is -4.84. The lowest BCUT2D eigenvalue weighted by Crippen LogP contribution is -2.58. The molecule has 300 valence electrons. The number of hydrogen-bond donors (Lipinski definition) is 3. The highest BCUT2D eigenvalue weighted by atomic mass is 32.2. The first-order chi connectivity index (χ1) is 26.7. The molecule has 0 bridgehead atoms. The predicted octanol–water partition coefficient (Wildman–Crippen LogP) is 3.24. The maximum absolute atomic E-state index is 14.6. The number of carbonyl (C=O) groups is 4. The smallest absolute Gasteiger partial charge is 0.408 e. The zero-order valence-corrected chi connectivity index (χ0v) is 33.4. The summed E-state index contributed by atoms with van der Waals surface area (Å²) in [6.07, 6.45) is 8.15. The van der Waals surface area contributed by atoms with Gasteiger partial charge in [-0.2, -0.15) is 21.8 Å². The molecule has 56 heavy (non-hydrogen) atoms. The fourth-order valence-electron chi connectivity index (χ4n) is 7.02. The number of thioether (sulfide) groups is 1. The Morgan fingerprint density at radius 3 is 2.66 bits per heavy atom. The molecule has 2 aliphatic carbocycles. The average Bonchev–Trinajstić information content (AvgIpc) is 4.00. The average molecular weight is 810 g/mol. The lowest BCUT2D eigenvalue weighted by Gasteiger charge is -2.30. The SMILES string of the molecule is COc1ccc2c(OC3C[C@H]4C(=O)N[C@]5(C(=O)NS(=O)(=O)C6CC6)C[C@H]5C=CCCCSC[C@H](NC(=O)OC(C)(C)C)C(=O)N4C3)nc(-n3cccn3)cc2c1. The van der Waals surface area contributed by atoms with Gasteiger partial charge in [-0.1, -0.05) is 12.2 Å². The Morgan fingerprint density at radius 2 is 1.95 bits per heavy atom. The van der Waals surface area contributed by atoms with E-state index in [1.54, 1.807) is 57.1 Å². The number of amides is 4. The Morgan fingerprint density at radius 1 is 1.14 bits per heavy atom. The number of ether oxygens (including phenoxy) is 3. The van der Waals surface area contributed by atoms with Crippen molar-refractivity contribution in [2.75, 3.05) is 25.2 Å². The number of alkyl carbamates (subject to hydrolysis) is 1. The van der Waals surface area contributed by atoms with Gasteiger partial charge in [0.2, 0.25) is 27.7 Å². The molecule has 4 amide bonds. The standard InChI is InChI=1S/C38H47N7O9S2/c1-37(2,3)54-36(49)40-29-22-55-16-7-5-6-9-24-20-38(24,35(48)43-56(50,51)27-11-12-27)42-32(46)30-19-26(21-44(30)34(29)47)53-33-28-13-10-25(52-4)17-23(28)18-31(41-33)45-15-8-14-39-45/h6,8-10,13-15,17-18,24,26-27,29-30H,5,7,11-12,16,19-22H2,1-4H3,(H,40,49)(H,42,46)(H,43,48)/t24-,26?,29+,30+,38-/m1/s1. The Kier molecular flexibility index (Phi) is 11.0. The minimum Gasteiger partial charge on any atom is -0.497 e. The first kappa shape index (κ1) is 39.4. The van der Waals surface area contributed by atoms with E-state index in [0.717, 1.165) is 11.8 Å². The summed E-state index contributed by atoms with van der Waals surface area (Å²) in [7, 11) is -2.34. The number of rotatable bonds is 8. The summed E-state index contributed by atoms with van der Waals surface area (Å²) >= 11 is 1.49. The summed E-state index contributed by atoms with van der Waals surface area (Å²) < 4.78 is 47.1. The zero-order valence-electron chi connectivity index (χ0n) is 31.7. The number of carbonyl (C=O) groups excluding carboxylic acids is 4. The molecule has 2 saturated carbocycles. The Bertz CT molecular complexity index is 2140. The van der Waals surface area contributed by atoms with E-state index in [-0.39, 0.29) is 31.0 Å². The third-order valence-electron chi connectivity index (χ3n) is 10.1. The van der Waals surface area contributed by atoms with Crippen molar-refractivity contribution in [3.8, 4) is 17.4 Å². The van der Waals surface area contributed by atoms with Gasteiger partial charge >= 0.3 is 6.09 Å². The van der Waals surface area contributed by atoms with Crippen LogP contribution in [0, 0.1) is 5.92 Å². The maximum atomic E-state index is 14.6. The molecular weight excluding hydrogens is 763 g/mol. The van der Waals surface area contributed by atoms with Gasteiger partial charge in [0.05, 0.1) is 18.9 Å². The highest BCUT2D eigenvalue weighted by Gasteiger charge is 2.62. The van der Waals surface area contributed by atoms with Gasteiger partial charge in [0.1, 0.15) is 35.1 Å². The normalized spacial score (nSPS) is 25.9. The van der Waals surface area contributed by atoms with Crippen LogP contribution in [0.25, 0.3) is 16.6 Å². The molecule has 0 spiro atoms. The van der Waals surface area contributed by atoms with E-state index in [1.807, 2.05) is 30.4 Å². The van der Waals surface area contributed by atoms with Crippen LogP contribution >= 0.6 is 11.8 Å². The number of pyridine rings is 1. The second-order valence-electron chi connectivity index (χ2n) is 15.6. The molecule has 3 fully saturated rings. The Labute approximate surface area is 329 Å². The molecule has 4 aliphatic rings. The van der Waals surface area contributed by atoms with Crippen LogP contribution in [0.1, 0.15) is 59.3 Å². The largest absolute Gasteiger partial charge is 0.497 e. The predicted molar refractivity (Wildman–Crippen MR) is 208 cm³/mol. The van der Waals surface area contributed by atoms with Crippen molar-refractivity contribution >= 4 is 56.4 Å². The zero-order chi connectivity index (χ0) is 39.8. The highest BCUT2D eigenvalue weighted by Crippen LogP contribution is 2.46. The van der Waals surface area contributed by atoms with E-state index < -0.39 is 74.3 Å². The lowest BCUT2D eigenvalue weighted by atomic mass is 10.1. The van der Waals surface area contributed by atoms with Gasteiger partial charge in [0, 0.05) is 35.9 Å². The number of sulfonamides is 1. The fourth-order valence-corrected chi connectivity index (χ4v) is 9.38. The van der Waals surface area contributed by atoms with E-state index in [1.165, 1.54) is 16.7 Å². The van der Waals surface area contributed by atoms with Gasteiger partial charge in [-0.25, -0.2) is 17.9 Å². The van der Waals surface area contributed by atoms with Crippen LogP contribution < -0.4 is 24.8 Å². The topological polar surface area (TPSA) is 200 Å².